The smallest absolute Gasteiger partial charge is 0.389 e. The molecule has 7 nitrogen and oxygen atoms in total. The molecule has 0 saturated heterocycles. The number of benzene rings is 3. The molecule has 0 aromatic heterocycles. The van der Waals surface area contributed by atoms with E-state index in [1.165, 1.54) is 30.3 Å². The highest BCUT2D eigenvalue weighted by atomic mass is 19.4. The van der Waals surface area contributed by atoms with Gasteiger partial charge >= 0.3 is 18.1 Å². The lowest BCUT2D eigenvalue weighted by Gasteiger charge is -2.09. The van der Waals surface area contributed by atoms with E-state index in [1.54, 1.807) is 48.5 Å². The van der Waals surface area contributed by atoms with Gasteiger partial charge in [-0.15, -0.1) is 0 Å². The molecule has 3 aromatic carbocycles. The van der Waals surface area contributed by atoms with Crippen LogP contribution >= 0.6 is 0 Å². The number of hydrogen-bond donors (Lipinski definition) is 2. The Balaban J connectivity index is 1.45. The summed E-state index contributed by atoms with van der Waals surface area (Å²) in [5.74, 6) is -0.529. The molecule has 0 fully saturated rings. The zero-order valence-electron chi connectivity index (χ0n) is 19.7. The van der Waals surface area contributed by atoms with Gasteiger partial charge in [0.25, 0.3) is 0 Å². The standard InChI is InChI=1S/C27H25F3N2O5/c28-27(29,30)14-1-15-35-22-11-6-19(7-12-22)26(34)37-23-9-2-18(3-10-23)4-13-25(33)36-17-20-5-8-21(31)16-24(20)32/h2-13,16H,1,14-15,17,31-32H2/b13-4+. The topological polar surface area (TPSA) is 114 Å². The number of ether oxygens (including phenoxy) is 3. The molecule has 0 amide bonds. The van der Waals surface area contributed by atoms with Crippen molar-refractivity contribution in [3.63, 3.8) is 0 Å². The van der Waals surface area contributed by atoms with Crippen LogP contribution < -0.4 is 20.9 Å². The van der Waals surface area contributed by atoms with Crippen molar-refractivity contribution >= 4 is 29.4 Å². The molecule has 0 aliphatic rings. The molecule has 0 aliphatic carbocycles. The zero-order chi connectivity index (χ0) is 26.8. The quantitative estimate of drug-likeness (QED) is 0.120. The van der Waals surface area contributed by atoms with Crippen LogP contribution in [-0.2, 0) is 16.1 Å². The van der Waals surface area contributed by atoms with Crippen molar-refractivity contribution in [1.82, 2.24) is 0 Å². The van der Waals surface area contributed by atoms with Crippen LogP contribution in [0.5, 0.6) is 11.5 Å². The molecule has 10 heteroatoms. The maximum Gasteiger partial charge on any atom is 0.389 e. The average molecular weight is 515 g/mol. The van der Waals surface area contributed by atoms with E-state index in [1.807, 2.05) is 0 Å². The minimum atomic E-state index is -4.22. The molecular weight excluding hydrogens is 489 g/mol. The largest absolute Gasteiger partial charge is 0.494 e. The molecule has 4 N–H and O–H groups in total. The van der Waals surface area contributed by atoms with Gasteiger partial charge in [0, 0.05) is 29.4 Å². The number of alkyl halides is 3. The summed E-state index contributed by atoms with van der Waals surface area (Å²) < 4.78 is 52.2. The SMILES string of the molecule is Nc1ccc(COC(=O)/C=C/c2ccc(OC(=O)c3ccc(OCCCC(F)(F)F)cc3)cc2)c(N)c1. The Morgan fingerprint density at radius 1 is 0.892 bits per heavy atom. The van der Waals surface area contributed by atoms with Crippen LogP contribution in [0.25, 0.3) is 6.08 Å². The van der Waals surface area contributed by atoms with E-state index in [-0.39, 0.29) is 30.9 Å². The Bertz CT molecular complexity index is 1240. The summed E-state index contributed by atoms with van der Waals surface area (Å²) >= 11 is 0. The number of nitrogen functional groups attached to an aromatic ring is 2. The molecule has 37 heavy (non-hydrogen) atoms. The van der Waals surface area contributed by atoms with Gasteiger partial charge in [-0.25, -0.2) is 9.59 Å². The summed E-state index contributed by atoms with van der Waals surface area (Å²) in [6.45, 7) is -0.0750. The maximum atomic E-state index is 12.3. The van der Waals surface area contributed by atoms with Gasteiger partial charge in [-0.05, 0) is 66.6 Å². The van der Waals surface area contributed by atoms with E-state index in [4.69, 9.17) is 25.7 Å². The minimum absolute atomic E-state index is 0.00926. The molecule has 0 unspecified atom stereocenters. The first-order chi connectivity index (χ1) is 17.6. The van der Waals surface area contributed by atoms with E-state index in [9.17, 15) is 22.8 Å². The van der Waals surface area contributed by atoms with Crippen molar-refractivity contribution < 1.29 is 37.0 Å². The predicted octanol–water partition coefficient (Wildman–Crippen LogP) is 5.55. The van der Waals surface area contributed by atoms with E-state index in [0.29, 0.717) is 28.3 Å². The van der Waals surface area contributed by atoms with E-state index in [2.05, 4.69) is 0 Å². The molecule has 0 heterocycles. The fourth-order valence-corrected chi connectivity index (χ4v) is 3.07. The number of anilines is 2. The summed E-state index contributed by atoms with van der Waals surface area (Å²) in [6.07, 6.45) is -2.48. The molecule has 0 aliphatic heterocycles. The van der Waals surface area contributed by atoms with Gasteiger partial charge in [-0.2, -0.15) is 13.2 Å². The second-order valence-electron chi connectivity index (χ2n) is 7.95. The third-order valence-electron chi connectivity index (χ3n) is 5.01. The predicted molar refractivity (Wildman–Crippen MR) is 133 cm³/mol. The van der Waals surface area contributed by atoms with E-state index in [0.717, 1.165) is 0 Å². The van der Waals surface area contributed by atoms with Gasteiger partial charge in [-0.1, -0.05) is 18.2 Å². The van der Waals surface area contributed by atoms with Gasteiger partial charge in [0.1, 0.15) is 18.1 Å². The summed E-state index contributed by atoms with van der Waals surface area (Å²) in [4.78, 5) is 24.3. The summed E-state index contributed by atoms with van der Waals surface area (Å²) in [5.41, 5.74) is 14.0. The highest BCUT2D eigenvalue weighted by Crippen LogP contribution is 2.22. The molecule has 0 spiro atoms. The lowest BCUT2D eigenvalue weighted by molar-refractivity contribution is -0.139. The van der Waals surface area contributed by atoms with Crippen molar-refractivity contribution in [2.45, 2.75) is 25.6 Å². The Labute approximate surface area is 211 Å². The Morgan fingerprint density at radius 2 is 1.57 bits per heavy atom. The van der Waals surface area contributed by atoms with Gasteiger partial charge < -0.3 is 25.7 Å². The van der Waals surface area contributed by atoms with Crippen LogP contribution in [0, 0.1) is 0 Å². The van der Waals surface area contributed by atoms with Crippen LogP contribution in [0.1, 0.15) is 34.3 Å². The monoisotopic (exact) mass is 514 g/mol. The highest BCUT2D eigenvalue weighted by molar-refractivity contribution is 5.91. The first kappa shape index (κ1) is 27.1. The summed E-state index contributed by atoms with van der Waals surface area (Å²) in [5, 5.41) is 0. The highest BCUT2D eigenvalue weighted by Gasteiger charge is 2.26. The van der Waals surface area contributed by atoms with Crippen molar-refractivity contribution in [2.24, 2.45) is 0 Å². The number of rotatable bonds is 10. The summed E-state index contributed by atoms with van der Waals surface area (Å²) in [6, 6.07) is 17.3. The lowest BCUT2D eigenvalue weighted by atomic mass is 10.2. The molecule has 0 atom stereocenters. The normalized spacial score (nSPS) is 11.3. The van der Waals surface area contributed by atoms with Crippen LogP contribution in [0.3, 0.4) is 0 Å². The van der Waals surface area contributed by atoms with Gasteiger partial charge in [-0.3, -0.25) is 0 Å². The number of carbonyl (C=O) groups is 2. The molecule has 0 radical (unpaired) electrons. The third kappa shape index (κ3) is 9.25. The van der Waals surface area contributed by atoms with Crippen LogP contribution in [-0.4, -0.2) is 24.7 Å². The van der Waals surface area contributed by atoms with Crippen molar-refractivity contribution in [1.29, 1.82) is 0 Å². The Hall–Kier alpha value is -4.47. The van der Waals surface area contributed by atoms with Crippen molar-refractivity contribution in [2.75, 3.05) is 18.1 Å². The minimum Gasteiger partial charge on any atom is -0.494 e. The lowest BCUT2D eigenvalue weighted by Crippen LogP contribution is -2.10. The molecule has 194 valence electrons. The third-order valence-corrected chi connectivity index (χ3v) is 5.01. The number of carbonyl (C=O) groups excluding carboxylic acids is 2. The molecular formula is C27H25F3N2O5. The number of nitrogens with two attached hydrogens (primary N) is 2. The van der Waals surface area contributed by atoms with Crippen LogP contribution in [0.15, 0.2) is 72.8 Å². The fraction of sp³-hybridized carbons (Fsp3) is 0.185. The second-order valence-corrected chi connectivity index (χ2v) is 7.95. The van der Waals surface area contributed by atoms with Crippen LogP contribution in [0.2, 0.25) is 0 Å². The molecule has 0 bridgehead atoms. The van der Waals surface area contributed by atoms with Crippen molar-refractivity contribution in [3.8, 4) is 11.5 Å². The Kier molecular flexibility index (Phi) is 9.15. The fourth-order valence-electron chi connectivity index (χ4n) is 3.07. The zero-order valence-corrected chi connectivity index (χ0v) is 19.7. The summed E-state index contributed by atoms with van der Waals surface area (Å²) in [7, 11) is 0. The second kappa shape index (κ2) is 12.5. The average Bonchev–Trinajstić information content (AvgIpc) is 2.85. The Morgan fingerprint density at radius 3 is 2.22 bits per heavy atom. The maximum absolute atomic E-state index is 12.3. The molecule has 0 saturated carbocycles. The molecule has 3 rings (SSSR count). The number of halogens is 3. The van der Waals surface area contributed by atoms with Gasteiger partial charge in [0.15, 0.2) is 0 Å². The number of esters is 2. The van der Waals surface area contributed by atoms with E-state index < -0.39 is 24.5 Å². The molecule has 3 aromatic rings. The van der Waals surface area contributed by atoms with Crippen molar-refractivity contribution in [3.05, 3.63) is 89.5 Å². The van der Waals surface area contributed by atoms with Crippen LogP contribution in [0.4, 0.5) is 24.5 Å². The van der Waals surface area contributed by atoms with E-state index >= 15 is 0 Å². The van der Waals surface area contributed by atoms with Gasteiger partial charge in [0.05, 0.1) is 12.2 Å². The number of hydrogen-bond acceptors (Lipinski definition) is 7. The first-order valence-electron chi connectivity index (χ1n) is 11.2. The first-order valence-corrected chi connectivity index (χ1v) is 11.2. The van der Waals surface area contributed by atoms with Gasteiger partial charge in [0.2, 0.25) is 0 Å².